The van der Waals surface area contributed by atoms with Gasteiger partial charge in [0.05, 0.1) is 12.3 Å². The summed E-state index contributed by atoms with van der Waals surface area (Å²) in [6, 6.07) is 4.07. The van der Waals surface area contributed by atoms with E-state index in [9.17, 15) is 13.2 Å². The molecule has 7 rings (SSSR count). The van der Waals surface area contributed by atoms with Gasteiger partial charge in [-0.25, -0.2) is 4.98 Å². The van der Waals surface area contributed by atoms with Crippen LogP contribution in [0.3, 0.4) is 0 Å². The summed E-state index contributed by atoms with van der Waals surface area (Å²) >= 11 is 0. The molecule has 1 aliphatic heterocycles. The molecule has 2 N–H and O–H groups in total. The maximum atomic E-state index is 12.8. The number of pyridine rings is 1. The molecule has 2 aromatic rings. The van der Waals surface area contributed by atoms with Crippen LogP contribution in [0.2, 0.25) is 0 Å². The highest BCUT2D eigenvalue weighted by atomic mass is 19.4. The predicted molar refractivity (Wildman–Crippen MR) is 119 cm³/mol. The van der Waals surface area contributed by atoms with Gasteiger partial charge in [-0.2, -0.15) is 5.10 Å². The minimum atomic E-state index is -4.84. The monoisotopic (exact) mass is 477 g/mol. The topological polar surface area (TPSA) is 78.4 Å². The Balaban J connectivity index is 1.34. The molecule has 0 radical (unpaired) electrons. The quantitative estimate of drug-likeness (QED) is 0.701. The Bertz CT molecular complexity index is 1090. The number of alkyl halides is 3. The van der Waals surface area contributed by atoms with Crippen molar-refractivity contribution in [2.45, 2.75) is 57.0 Å². The van der Waals surface area contributed by atoms with Crippen molar-refractivity contribution in [3.8, 4) is 17.0 Å². The average Bonchev–Trinajstić information content (AvgIpc) is 3.19. The van der Waals surface area contributed by atoms with Gasteiger partial charge in [0.15, 0.2) is 11.6 Å². The fourth-order valence-electron chi connectivity index (χ4n) is 7.27. The number of nitrogens with zero attached hydrogens (tertiary/aromatic N) is 4. The minimum Gasteiger partial charge on any atom is -0.402 e. The fraction of sp³-hybridized carbons (Fsp3) is 0.667. The minimum absolute atomic E-state index is 0.116. The molecule has 184 valence electrons. The molecule has 5 aliphatic rings. The van der Waals surface area contributed by atoms with Crippen LogP contribution in [-0.2, 0) is 10.2 Å². The van der Waals surface area contributed by atoms with E-state index in [4.69, 9.17) is 15.6 Å². The van der Waals surface area contributed by atoms with Crippen molar-refractivity contribution in [2.75, 3.05) is 32.0 Å². The number of hydrogen-bond acceptors (Lipinski definition) is 6. The number of ether oxygens (including phenoxy) is 2. The van der Waals surface area contributed by atoms with E-state index in [0.29, 0.717) is 35.1 Å². The molecule has 4 saturated carbocycles. The summed E-state index contributed by atoms with van der Waals surface area (Å²) < 4.78 is 50.3. The number of nitrogen functional groups attached to an aromatic ring is 1. The van der Waals surface area contributed by atoms with Crippen LogP contribution in [0.1, 0.15) is 44.8 Å². The maximum absolute atomic E-state index is 12.8. The normalized spacial score (nSPS) is 32.9. The molecular formula is C24H30F3N5O2. The van der Waals surface area contributed by atoms with Gasteiger partial charge in [0.2, 0.25) is 0 Å². The van der Waals surface area contributed by atoms with E-state index in [1.165, 1.54) is 24.4 Å². The first kappa shape index (κ1) is 22.2. The van der Waals surface area contributed by atoms with E-state index in [2.05, 4.69) is 39.2 Å². The van der Waals surface area contributed by atoms with Crippen LogP contribution in [-0.4, -0.2) is 58.4 Å². The number of rotatable bonds is 5. The third-order valence-corrected chi connectivity index (χ3v) is 8.37. The smallest absolute Gasteiger partial charge is 0.402 e. The lowest BCUT2D eigenvalue weighted by Gasteiger charge is -2.29. The summed E-state index contributed by atoms with van der Waals surface area (Å²) in [5, 5.41) is 4.83. The van der Waals surface area contributed by atoms with Gasteiger partial charge in [0.25, 0.3) is 0 Å². The molecule has 2 aromatic heterocycles. The molecule has 0 amide bonds. The van der Waals surface area contributed by atoms with Gasteiger partial charge in [-0.3, -0.25) is 9.58 Å². The average molecular weight is 478 g/mol. The number of halogens is 3. The molecule has 10 heteroatoms. The van der Waals surface area contributed by atoms with Gasteiger partial charge in [-0.15, -0.1) is 13.2 Å². The third kappa shape index (κ3) is 3.32. The Morgan fingerprint density at radius 2 is 2.06 bits per heavy atom. The molecule has 4 bridgehead atoms. The molecule has 5 fully saturated rings. The largest absolute Gasteiger partial charge is 0.573 e. The van der Waals surface area contributed by atoms with Crippen molar-refractivity contribution in [1.29, 1.82) is 0 Å². The Hall–Kier alpha value is -2.33. The number of nitrogens with two attached hydrogens (primary N) is 1. The molecule has 7 nitrogen and oxygen atoms in total. The van der Waals surface area contributed by atoms with E-state index in [0.717, 1.165) is 39.1 Å². The molecule has 5 atom stereocenters. The van der Waals surface area contributed by atoms with Crippen LogP contribution in [0.15, 0.2) is 18.3 Å². The summed E-state index contributed by atoms with van der Waals surface area (Å²) in [4.78, 5) is 6.59. The zero-order valence-corrected chi connectivity index (χ0v) is 19.4. The molecule has 3 heterocycles. The first-order valence-electron chi connectivity index (χ1n) is 12.1. The number of anilines is 1. The zero-order chi connectivity index (χ0) is 23.8. The SMILES string of the molecule is CC(C)n1nc(-c2cnc(N)c(OC(F)(F)F)c2)cc1[C@]12CC3C[C@H]1C2C3N1CCCOCC1. The van der Waals surface area contributed by atoms with Crippen LogP contribution in [0.4, 0.5) is 19.0 Å². The van der Waals surface area contributed by atoms with Gasteiger partial charge >= 0.3 is 6.36 Å². The standard InChI is InChI=1S/C24H30F3N5O2/c1-13(2)32-19(10-17(30-32)15-9-18(22(28)29-12-15)34-24(25,26)27)23-11-14-8-16(23)20(23)21(14)31-4-3-6-33-7-5-31/h9-10,12-14,16,20-21H,3-8,11H2,1-2H3,(H2,28,29)/t14?,16-,20?,21?,23-/m0/s1. The van der Waals surface area contributed by atoms with E-state index in [-0.39, 0.29) is 17.3 Å². The first-order chi connectivity index (χ1) is 16.2. The Morgan fingerprint density at radius 3 is 2.79 bits per heavy atom. The second-order valence-electron chi connectivity index (χ2n) is 10.5. The second-order valence-corrected chi connectivity index (χ2v) is 10.5. The van der Waals surface area contributed by atoms with Gasteiger partial charge in [0.1, 0.15) is 0 Å². The zero-order valence-electron chi connectivity index (χ0n) is 19.4. The molecule has 0 aromatic carbocycles. The molecular weight excluding hydrogens is 447 g/mol. The van der Waals surface area contributed by atoms with Crippen LogP contribution < -0.4 is 10.5 Å². The highest BCUT2D eigenvalue weighted by Crippen LogP contribution is 2.80. The van der Waals surface area contributed by atoms with Crippen LogP contribution >= 0.6 is 0 Å². The van der Waals surface area contributed by atoms with E-state index in [1.807, 2.05) is 0 Å². The Labute approximate surface area is 196 Å². The predicted octanol–water partition coefficient (Wildman–Crippen LogP) is 4.01. The summed E-state index contributed by atoms with van der Waals surface area (Å²) in [7, 11) is 0. The number of aromatic nitrogens is 3. The van der Waals surface area contributed by atoms with Crippen LogP contribution in [0.25, 0.3) is 11.3 Å². The molecule has 0 spiro atoms. The van der Waals surface area contributed by atoms with Crippen molar-refractivity contribution in [3.05, 3.63) is 24.0 Å². The van der Waals surface area contributed by atoms with Crippen LogP contribution in [0, 0.1) is 17.8 Å². The van der Waals surface area contributed by atoms with E-state index in [1.54, 1.807) is 0 Å². The first-order valence-corrected chi connectivity index (χ1v) is 12.1. The lowest BCUT2D eigenvalue weighted by Crippen LogP contribution is -2.39. The molecule has 3 unspecified atom stereocenters. The van der Waals surface area contributed by atoms with Gasteiger partial charge < -0.3 is 15.2 Å². The lowest BCUT2D eigenvalue weighted by molar-refractivity contribution is -0.274. The summed E-state index contributed by atoms with van der Waals surface area (Å²) in [6.07, 6.45) is 0.110. The lowest BCUT2D eigenvalue weighted by atomic mass is 9.98. The van der Waals surface area contributed by atoms with Crippen molar-refractivity contribution < 1.29 is 22.6 Å². The fourth-order valence-corrected chi connectivity index (χ4v) is 7.27. The molecule has 34 heavy (non-hydrogen) atoms. The Kier molecular flexibility index (Phi) is 4.94. The maximum Gasteiger partial charge on any atom is 0.573 e. The van der Waals surface area contributed by atoms with Crippen molar-refractivity contribution >= 4 is 5.82 Å². The summed E-state index contributed by atoms with van der Waals surface area (Å²) in [5.74, 6) is 1.16. The van der Waals surface area contributed by atoms with E-state index >= 15 is 0 Å². The van der Waals surface area contributed by atoms with Crippen molar-refractivity contribution in [3.63, 3.8) is 0 Å². The Morgan fingerprint density at radius 1 is 1.24 bits per heavy atom. The highest BCUT2D eigenvalue weighted by Gasteiger charge is 2.80. The van der Waals surface area contributed by atoms with Crippen molar-refractivity contribution in [2.24, 2.45) is 17.8 Å². The van der Waals surface area contributed by atoms with Crippen LogP contribution in [0.5, 0.6) is 5.75 Å². The highest BCUT2D eigenvalue weighted by molar-refractivity contribution is 5.65. The van der Waals surface area contributed by atoms with Gasteiger partial charge in [-0.1, -0.05) is 0 Å². The molecule has 1 saturated heterocycles. The summed E-state index contributed by atoms with van der Waals surface area (Å²) in [6.45, 7) is 7.91. The third-order valence-electron chi connectivity index (χ3n) is 8.37. The second kappa shape index (κ2) is 7.58. The summed E-state index contributed by atoms with van der Waals surface area (Å²) in [5.41, 5.74) is 8.02. The van der Waals surface area contributed by atoms with Gasteiger partial charge in [0, 0.05) is 54.6 Å². The number of hydrogen-bond donors (Lipinski definition) is 1. The van der Waals surface area contributed by atoms with Crippen molar-refractivity contribution in [1.82, 2.24) is 19.7 Å². The van der Waals surface area contributed by atoms with E-state index < -0.39 is 12.1 Å². The van der Waals surface area contributed by atoms with Gasteiger partial charge in [-0.05, 0) is 63.0 Å². The molecule has 4 aliphatic carbocycles.